The number of carbonyl (C=O) groups is 1. The van der Waals surface area contributed by atoms with E-state index in [1.54, 1.807) is 6.20 Å². The van der Waals surface area contributed by atoms with Crippen LogP contribution in [0.25, 0.3) is 0 Å². The molecule has 0 aromatic carbocycles. The summed E-state index contributed by atoms with van der Waals surface area (Å²) < 4.78 is 2.14. The van der Waals surface area contributed by atoms with Gasteiger partial charge < -0.3 is 9.47 Å². The molecule has 0 bridgehead atoms. The van der Waals surface area contributed by atoms with E-state index in [4.69, 9.17) is 0 Å². The highest BCUT2D eigenvalue weighted by Crippen LogP contribution is 2.18. The van der Waals surface area contributed by atoms with E-state index in [0.717, 1.165) is 29.5 Å². The van der Waals surface area contributed by atoms with Gasteiger partial charge in [0.2, 0.25) is 5.91 Å². The molecule has 22 heavy (non-hydrogen) atoms. The predicted octanol–water partition coefficient (Wildman–Crippen LogP) is 1.69. The Morgan fingerprint density at radius 2 is 2.09 bits per heavy atom. The van der Waals surface area contributed by atoms with E-state index in [0.29, 0.717) is 25.4 Å². The van der Waals surface area contributed by atoms with E-state index in [1.165, 1.54) is 0 Å². The van der Waals surface area contributed by atoms with Crippen molar-refractivity contribution in [2.75, 3.05) is 6.54 Å². The van der Waals surface area contributed by atoms with Gasteiger partial charge in [0, 0.05) is 30.9 Å². The molecule has 3 heterocycles. The van der Waals surface area contributed by atoms with E-state index in [2.05, 4.69) is 33.6 Å². The van der Waals surface area contributed by atoms with Gasteiger partial charge in [-0.3, -0.25) is 9.78 Å². The topological polar surface area (TPSA) is 63.9 Å². The minimum Gasteiger partial charge on any atom is -0.333 e. The average molecular weight is 299 g/mol. The molecule has 0 saturated carbocycles. The van der Waals surface area contributed by atoms with Crippen molar-refractivity contribution >= 4 is 5.91 Å². The van der Waals surface area contributed by atoms with Gasteiger partial charge in [-0.25, -0.2) is 0 Å². The monoisotopic (exact) mass is 299 g/mol. The number of pyridine rings is 1. The predicted molar refractivity (Wildman–Crippen MR) is 82.2 cm³/mol. The molecule has 116 valence electrons. The second kappa shape index (κ2) is 5.87. The number of aryl methyl sites for hydroxylation is 1. The van der Waals surface area contributed by atoms with Crippen LogP contribution in [0.2, 0.25) is 0 Å². The first-order valence-electron chi connectivity index (χ1n) is 7.66. The summed E-state index contributed by atoms with van der Waals surface area (Å²) in [5.74, 6) is 2.35. The van der Waals surface area contributed by atoms with Gasteiger partial charge in [0.25, 0.3) is 0 Å². The molecular weight excluding hydrogens is 278 g/mol. The van der Waals surface area contributed by atoms with Crippen LogP contribution in [0.1, 0.15) is 42.7 Å². The Kier molecular flexibility index (Phi) is 3.92. The molecule has 0 radical (unpaired) electrons. The number of rotatable bonds is 3. The number of hydrogen-bond donors (Lipinski definition) is 0. The molecule has 0 atom stereocenters. The van der Waals surface area contributed by atoms with Crippen molar-refractivity contribution in [3.05, 3.63) is 41.2 Å². The fourth-order valence-electron chi connectivity index (χ4n) is 2.71. The van der Waals surface area contributed by atoms with Crippen LogP contribution in [0, 0.1) is 6.92 Å². The maximum absolute atomic E-state index is 12.4. The molecule has 1 aliphatic rings. The number of hydrogen-bond acceptors (Lipinski definition) is 4. The van der Waals surface area contributed by atoms with Crippen LogP contribution in [0.5, 0.6) is 0 Å². The minimum absolute atomic E-state index is 0.117. The van der Waals surface area contributed by atoms with Gasteiger partial charge in [0.1, 0.15) is 5.82 Å². The summed E-state index contributed by atoms with van der Waals surface area (Å²) in [5, 5.41) is 8.49. The normalized spacial score (nSPS) is 14.3. The van der Waals surface area contributed by atoms with Gasteiger partial charge in [-0.05, 0) is 18.6 Å². The van der Waals surface area contributed by atoms with Crippen LogP contribution < -0.4 is 0 Å². The summed E-state index contributed by atoms with van der Waals surface area (Å²) in [7, 11) is 0. The second-order valence-corrected chi connectivity index (χ2v) is 6.08. The third kappa shape index (κ3) is 2.86. The van der Waals surface area contributed by atoms with Gasteiger partial charge in [-0.15, -0.1) is 10.2 Å². The third-order valence-corrected chi connectivity index (χ3v) is 3.98. The first-order valence-corrected chi connectivity index (χ1v) is 7.66. The molecule has 2 aromatic rings. The Labute approximate surface area is 130 Å². The lowest BCUT2D eigenvalue weighted by Crippen LogP contribution is -2.39. The standard InChI is InChI=1S/C16H21N5O/c1-11(2)16-19-18-14-10-20(6-7-21(14)16)15(22)8-13-5-4-12(3)17-9-13/h4-5,9,11H,6-8,10H2,1-3H3. The quantitative estimate of drug-likeness (QED) is 0.865. The molecule has 0 unspecified atom stereocenters. The SMILES string of the molecule is Cc1ccc(CC(=O)N2CCn3c(nnc3C(C)C)C2)cn1. The van der Waals surface area contributed by atoms with Gasteiger partial charge in [0.05, 0.1) is 13.0 Å². The Hall–Kier alpha value is -2.24. The first-order chi connectivity index (χ1) is 10.5. The number of amides is 1. The Bertz CT molecular complexity index is 674. The number of nitrogens with zero attached hydrogens (tertiary/aromatic N) is 5. The number of aromatic nitrogens is 4. The highest BCUT2D eigenvalue weighted by atomic mass is 16.2. The van der Waals surface area contributed by atoms with Crippen LogP contribution in [0.15, 0.2) is 18.3 Å². The Morgan fingerprint density at radius 3 is 2.77 bits per heavy atom. The molecule has 1 aliphatic heterocycles. The largest absolute Gasteiger partial charge is 0.333 e. The van der Waals surface area contributed by atoms with Gasteiger partial charge in [-0.2, -0.15) is 0 Å². The van der Waals surface area contributed by atoms with Crippen molar-refractivity contribution in [1.82, 2.24) is 24.6 Å². The third-order valence-electron chi connectivity index (χ3n) is 3.98. The molecule has 0 spiro atoms. The molecule has 0 fully saturated rings. The van der Waals surface area contributed by atoms with Gasteiger partial charge in [-0.1, -0.05) is 19.9 Å². The molecule has 6 nitrogen and oxygen atoms in total. The van der Waals surface area contributed by atoms with Crippen molar-refractivity contribution in [2.24, 2.45) is 0 Å². The molecule has 0 saturated heterocycles. The van der Waals surface area contributed by atoms with Crippen molar-refractivity contribution < 1.29 is 4.79 Å². The zero-order valence-electron chi connectivity index (χ0n) is 13.3. The average Bonchev–Trinajstić information content (AvgIpc) is 2.92. The fourth-order valence-corrected chi connectivity index (χ4v) is 2.71. The fraction of sp³-hybridized carbons (Fsp3) is 0.500. The highest BCUT2D eigenvalue weighted by Gasteiger charge is 2.25. The maximum atomic E-state index is 12.4. The summed E-state index contributed by atoms with van der Waals surface area (Å²) in [6.07, 6.45) is 2.16. The second-order valence-electron chi connectivity index (χ2n) is 6.08. The van der Waals surface area contributed by atoms with Crippen molar-refractivity contribution in [1.29, 1.82) is 0 Å². The first kappa shape index (κ1) is 14.7. The summed E-state index contributed by atoms with van der Waals surface area (Å²) in [6, 6.07) is 3.90. The van der Waals surface area contributed by atoms with Crippen molar-refractivity contribution in [3.63, 3.8) is 0 Å². The van der Waals surface area contributed by atoms with E-state index in [-0.39, 0.29) is 5.91 Å². The Morgan fingerprint density at radius 1 is 1.27 bits per heavy atom. The molecule has 0 aliphatic carbocycles. The molecular formula is C16H21N5O. The number of fused-ring (bicyclic) bond motifs is 1. The zero-order valence-corrected chi connectivity index (χ0v) is 13.3. The van der Waals surface area contributed by atoms with Gasteiger partial charge >= 0.3 is 0 Å². The highest BCUT2D eigenvalue weighted by molar-refractivity contribution is 5.78. The summed E-state index contributed by atoms with van der Waals surface area (Å²) in [5.41, 5.74) is 1.91. The lowest BCUT2D eigenvalue weighted by molar-refractivity contribution is -0.132. The van der Waals surface area contributed by atoms with Crippen LogP contribution in [-0.4, -0.2) is 37.1 Å². The number of carbonyl (C=O) groups excluding carboxylic acids is 1. The van der Waals surface area contributed by atoms with Crippen LogP contribution >= 0.6 is 0 Å². The van der Waals surface area contributed by atoms with Gasteiger partial charge in [0.15, 0.2) is 5.82 Å². The molecule has 6 heteroatoms. The minimum atomic E-state index is 0.117. The summed E-state index contributed by atoms with van der Waals surface area (Å²) in [6.45, 7) is 8.18. The molecule has 3 rings (SSSR count). The van der Waals surface area contributed by atoms with Crippen molar-refractivity contribution in [2.45, 2.75) is 46.2 Å². The van der Waals surface area contributed by atoms with E-state index >= 15 is 0 Å². The van der Waals surface area contributed by atoms with E-state index in [9.17, 15) is 4.79 Å². The molecule has 2 aromatic heterocycles. The van der Waals surface area contributed by atoms with E-state index < -0.39 is 0 Å². The summed E-state index contributed by atoms with van der Waals surface area (Å²) in [4.78, 5) is 18.5. The smallest absolute Gasteiger partial charge is 0.227 e. The van der Waals surface area contributed by atoms with Crippen LogP contribution in [-0.2, 0) is 24.3 Å². The van der Waals surface area contributed by atoms with Crippen molar-refractivity contribution in [3.8, 4) is 0 Å². The molecule has 1 amide bonds. The lowest BCUT2D eigenvalue weighted by Gasteiger charge is -2.28. The molecule has 0 N–H and O–H groups in total. The van der Waals surface area contributed by atoms with Crippen LogP contribution in [0.3, 0.4) is 0 Å². The van der Waals surface area contributed by atoms with E-state index in [1.807, 2.05) is 24.0 Å². The zero-order chi connectivity index (χ0) is 15.7. The maximum Gasteiger partial charge on any atom is 0.227 e. The van der Waals surface area contributed by atoms with Crippen LogP contribution in [0.4, 0.5) is 0 Å². The summed E-state index contributed by atoms with van der Waals surface area (Å²) >= 11 is 0. The Balaban J connectivity index is 1.69. The lowest BCUT2D eigenvalue weighted by atomic mass is 10.1.